The van der Waals surface area contributed by atoms with Gasteiger partial charge in [0.1, 0.15) is 12.1 Å². The number of anilines is 1. The second-order valence-corrected chi connectivity index (χ2v) is 2.18. The van der Waals surface area contributed by atoms with Gasteiger partial charge < -0.3 is 5.73 Å². The summed E-state index contributed by atoms with van der Waals surface area (Å²) in [6, 6.07) is 0. The van der Waals surface area contributed by atoms with Gasteiger partial charge in [-0.05, 0) is 6.42 Å². The lowest BCUT2D eigenvalue weighted by Crippen LogP contribution is -1.97. The van der Waals surface area contributed by atoms with Gasteiger partial charge in [-0.15, -0.1) is 0 Å². The van der Waals surface area contributed by atoms with Gasteiger partial charge in [-0.1, -0.05) is 13.3 Å². The molecule has 0 spiro atoms. The second-order valence-electron chi connectivity index (χ2n) is 2.18. The van der Waals surface area contributed by atoms with Crippen LogP contribution in [0.2, 0.25) is 0 Å². The van der Waals surface area contributed by atoms with Crippen LogP contribution < -0.4 is 5.73 Å². The summed E-state index contributed by atoms with van der Waals surface area (Å²) < 4.78 is 0. The molecule has 10 heavy (non-hydrogen) atoms. The Morgan fingerprint density at radius 2 is 2.40 bits per heavy atom. The lowest BCUT2D eigenvalue weighted by molar-refractivity contribution is 0.905. The maximum Gasteiger partial charge on any atom is 0.129 e. The molecule has 0 aromatic carbocycles. The molecular weight excluding hydrogens is 126 g/mol. The van der Waals surface area contributed by atoms with Gasteiger partial charge in [0.2, 0.25) is 0 Å². The van der Waals surface area contributed by atoms with E-state index in [1.807, 2.05) is 0 Å². The second kappa shape index (κ2) is 3.15. The maximum atomic E-state index is 5.56. The largest absolute Gasteiger partial charge is 0.383 e. The van der Waals surface area contributed by atoms with E-state index >= 15 is 0 Å². The third kappa shape index (κ3) is 1.43. The fourth-order valence-electron chi connectivity index (χ4n) is 0.830. The first-order valence-corrected chi connectivity index (χ1v) is 3.39. The first-order valence-electron chi connectivity index (χ1n) is 3.39. The zero-order valence-electron chi connectivity index (χ0n) is 6.04. The summed E-state index contributed by atoms with van der Waals surface area (Å²) in [7, 11) is 0. The van der Waals surface area contributed by atoms with E-state index in [-0.39, 0.29) is 0 Å². The highest BCUT2D eigenvalue weighted by Gasteiger charge is 1.95. The molecule has 0 unspecified atom stereocenters. The third-order valence-corrected chi connectivity index (χ3v) is 1.34. The molecule has 1 aromatic heterocycles. The lowest BCUT2D eigenvalue weighted by Gasteiger charge is -1.98. The van der Waals surface area contributed by atoms with Gasteiger partial charge in [0.25, 0.3) is 0 Å². The average Bonchev–Trinajstić information content (AvgIpc) is 1.94. The molecule has 0 radical (unpaired) electrons. The molecule has 0 saturated heterocycles. The van der Waals surface area contributed by atoms with Crippen LogP contribution in [-0.4, -0.2) is 9.97 Å². The minimum Gasteiger partial charge on any atom is -0.383 e. The van der Waals surface area contributed by atoms with Crippen molar-refractivity contribution in [2.75, 3.05) is 5.73 Å². The highest BCUT2D eigenvalue weighted by atomic mass is 14.9. The van der Waals surface area contributed by atoms with Gasteiger partial charge in [0.15, 0.2) is 0 Å². The van der Waals surface area contributed by atoms with Crippen molar-refractivity contribution < 1.29 is 0 Å². The van der Waals surface area contributed by atoms with Crippen LogP contribution in [0.3, 0.4) is 0 Å². The van der Waals surface area contributed by atoms with E-state index in [9.17, 15) is 0 Å². The molecule has 0 aliphatic heterocycles. The zero-order chi connectivity index (χ0) is 7.40. The van der Waals surface area contributed by atoms with E-state index in [4.69, 9.17) is 5.73 Å². The van der Waals surface area contributed by atoms with Crippen molar-refractivity contribution in [2.24, 2.45) is 0 Å². The fraction of sp³-hybridized carbons (Fsp3) is 0.429. The Kier molecular flexibility index (Phi) is 2.20. The summed E-state index contributed by atoms with van der Waals surface area (Å²) in [6.45, 7) is 2.10. The molecule has 0 saturated carbocycles. The van der Waals surface area contributed by atoms with E-state index in [1.54, 1.807) is 6.20 Å². The molecule has 1 heterocycles. The summed E-state index contributed by atoms with van der Waals surface area (Å²) >= 11 is 0. The summed E-state index contributed by atoms with van der Waals surface area (Å²) in [6.07, 6.45) is 5.28. The molecule has 0 aliphatic rings. The topological polar surface area (TPSA) is 51.8 Å². The number of rotatable bonds is 2. The van der Waals surface area contributed by atoms with E-state index < -0.39 is 0 Å². The van der Waals surface area contributed by atoms with Crippen LogP contribution in [-0.2, 0) is 6.42 Å². The number of nitrogen functional groups attached to an aromatic ring is 1. The molecule has 54 valence electrons. The van der Waals surface area contributed by atoms with Gasteiger partial charge in [0, 0.05) is 11.8 Å². The molecule has 0 atom stereocenters. The van der Waals surface area contributed by atoms with Crippen molar-refractivity contribution in [3.05, 3.63) is 18.1 Å². The molecule has 0 bridgehead atoms. The fourth-order valence-corrected chi connectivity index (χ4v) is 0.830. The normalized spacial score (nSPS) is 9.70. The Bertz CT molecular complexity index is 210. The Morgan fingerprint density at radius 1 is 1.60 bits per heavy atom. The van der Waals surface area contributed by atoms with Gasteiger partial charge in [0.05, 0.1) is 0 Å². The summed E-state index contributed by atoms with van der Waals surface area (Å²) in [5, 5.41) is 0. The smallest absolute Gasteiger partial charge is 0.129 e. The van der Waals surface area contributed by atoms with Crippen molar-refractivity contribution in [3.63, 3.8) is 0 Å². The highest BCUT2D eigenvalue weighted by Crippen LogP contribution is 2.06. The van der Waals surface area contributed by atoms with Crippen LogP contribution in [0.5, 0.6) is 0 Å². The molecule has 0 amide bonds. The number of nitrogens with zero attached hydrogens (tertiary/aromatic N) is 2. The number of aromatic nitrogens is 2. The van der Waals surface area contributed by atoms with E-state index in [2.05, 4.69) is 16.9 Å². The minimum atomic E-state index is 0.608. The van der Waals surface area contributed by atoms with Crippen molar-refractivity contribution in [2.45, 2.75) is 19.8 Å². The van der Waals surface area contributed by atoms with Crippen molar-refractivity contribution in [1.29, 1.82) is 0 Å². The van der Waals surface area contributed by atoms with E-state index in [0.29, 0.717) is 5.82 Å². The first kappa shape index (κ1) is 6.99. The Balaban J connectivity index is 2.81. The first-order chi connectivity index (χ1) is 4.84. The highest BCUT2D eigenvalue weighted by molar-refractivity contribution is 5.36. The molecule has 2 N–H and O–H groups in total. The quantitative estimate of drug-likeness (QED) is 0.661. The number of hydrogen-bond acceptors (Lipinski definition) is 3. The lowest BCUT2D eigenvalue weighted by atomic mass is 10.2. The maximum absolute atomic E-state index is 5.56. The van der Waals surface area contributed by atoms with Crippen LogP contribution in [0.4, 0.5) is 5.82 Å². The number of aryl methyl sites for hydroxylation is 1. The van der Waals surface area contributed by atoms with Crippen LogP contribution in [0.25, 0.3) is 0 Å². The third-order valence-electron chi connectivity index (χ3n) is 1.34. The number of nitrogens with two attached hydrogens (primary N) is 1. The molecule has 1 aromatic rings. The van der Waals surface area contributed by atoms with E-state index in [1.165, 1.54) is 6.33 Å². The van der Waals surface area contributed by atoms with Crippen molar-refractivity contribution >= 4 is 5.82 Å². The summed E-state index contributed by atoms with van der Waals surface area (Å²) in [5.41, 5.74) is 6.60. The SMILES string of the molecule is CCCc1cncnc1N. The molecule has 0 aliphatic carbocycles. The standard InChI is InChI=1S/C7H11N3/c1-2-3-6-4-9-5-10-7(6)8/h4-5H,2-3H2,1H3,(H2,8,9,10). The predicted molar refractivity (Wildman–Crippen MR) is 40.4 cm³/mol. The molecule has 0 fully saturated rings. The molecular formula is C7H11N3. The van der Waals surface area contributed by atoms with Gasteiger partial charge in [-0.2, -0.15) is 0 Å². The van der Waals surface area contributed by atoms with Gasteiger partial charge in [-0.3, -0.25) is 0 Å². The molecule has 3 nitrogen and oxygen atoms in total. The van der Waals surface area contributed by atoms with Crippen LogP contribution in [0, 0.1) is 0 Å². The molecule has 3 heteroatoms. The average molecular weight is 137 g/mol. The summed E-state index contributed by atoms with van der Waals surface area (Å²) in [4.78, 5) is 7.74. The van der Waals surface area contributed by atoms with E-state index in [0.717, 1.165) is 18.4 Å². The van der Waals surface area contributed by atoms with Gasteiger partial charge >= 0.3 is 0 Å². The van der Waals surface area contributed by atoms with Crippen LogP contribution in [0.1, 0.15) is 18.9 Å². The van der Waals surface area contributed by atoms with Crippen LogP contribution in [0.15, 0.2) is 12.5 Å². The van der Waals surface area contributed by atoms with Crippen LogP contribution >= 0.6 is 0 Å². The molecule has 1 rings (SSSR count). The Morgan fingerprint density at radius 3 is 3.00 bits per heavy atom. The minimum absolute atomic E-state index is 0.608. The zero-order valence-corrected chi connectivity index (χ0v) is 6.04. The van der Waals surface area contributed by atoms with Crippen molar-refractivity contribution in [3.8, 4) is 0 Å². The number of hydrogen-bond donors (Lipinski definition) is 1. The monoisotopic (exact) mass is 137 g/mol. The van der Waals surface area contributed by atoms with Crippen molar-refractivity contribution in [1.82, 2.24) is 9.97 Å². The Hall–Kier alpha value is -1.12. The van der Waals surface area contributed by atoms with Gasteiger partial charge in [-0.25, -0.2) is 9.97 Å². The predicted octanol–water partition coefficient (Wildman–Crippen LogP) is 1.01. The Labute approximate surface area is 60.3 Å². The summed E-state index contributed by atoms with van der Waals surface area (Å²) in [5.74, 6) is 0.608.